The van der Waals surface area contributed by atoms with Crippen LogP contribution in [0.4, 0.5) is 5.69 Å². The molecule has 0 unspecified atom stereocenters. The Hall–Kier alpha value is -2.66. The van der Waals surface area contributed by atoms with Crippen LogP contribution in [0.3, 0.4) is 0 Å². The Balaban J connectivity index is 1.44. The van der Waals surface area contributed by atoms with Gasteiger partial charge < -0.3 is 11.1 Å². The second-order valence-electron chi connectivity index (χ2n) is 7.54. The van der Waals surface area contributed by atoms with E-state index in [1.54, 1.807) is 0 Å². The fourth-order valence-corrected chi connectivity index (χ4v) is 3.70. The fourth-order valence-electron chi connectivity index (χ4n) is 3.70. The Morgan fingerprint density at radius 1 is 1.00 bits per heavy atom. The van der Waals surface area contributed by atoms with Gasteiger partial charge in [-0.2, -0.15) is 0 Å². The van der Waals surface area contributed by atoms with Gasteiger partial charge in [-0.1, -0.05) is 42.5 Å². The molecular weight excluding hydrogens is 350 g/mol. The molecule has 1 aliphatic heterocycles. The number of nitrogens with one attached hydrogen (secondary N) is 1. The number of rotatable bonds is 8. The van der Waals surface area contributed by atoms with Crippen molar-refractivity contribution in [3.05, 3.63) is 65.7 Å². The SMILES string of the molecule is NC(=O)C1CCN(Cc2cccc(NC(=O)CCCc3ccccc3)c2)CC1. The number of nitrogens with zero attached hydrogens (tertiary/aromatic N) is 1. The molecule has 0 aliphatic carbocycles. The Bertz CT molecular complexity index is 783. The van der Waals surface area contributed by atoms with Gasteiger partial charge in [0, 0.05) is 24.6 Å². The second kappa shape index (κ2) is 10.0. The van der Waals surface area contributed by atoms with Gasteiger partial charge in [-0.05, 0) is 62.0 Å². The van der Waals surface area contributed by atoms with E-state index in [4.69, 9.17) is 5.73 Å². The number of aryl methyl sites for hydroxylation is 1. The molecule has 1 saturated heterocycles. The first-order chi connectivity index (χ1) is 13.6. The number of amides is 2. The highest BCUT2D eigenvalue weighted by Crippen LogP contribution is 2.20. The number of benzene rings is 2. The average Bonchev–Trinajstić information content (AvgIpc) is 2.69. The van der Waals surface area contributed by atoms with Crippen LogP contribution in [-0.4, -0.2) is 29.8 Å². The molecule has 3 N–H and O–H groups in total. The first-order valence-electron chi connectivity index (χ1n) is 10.0. The molecule has 2 aromatic carbocycles. The molecule has 0 bridgehead atoms. The summed E-state index contributed by atoms with van der Waals surface area (Å²) in [5, 5.41) is 3.01. The molecule has 2 aromatic rings. The van der Waals surface area contributed by atoms with Crippen molar-refractivity contribution in [3.63, 3.8) is 0 Å². The Morgan fingerprint density at radius 2 is 1.71 bits per heavy atom. The maximum Gasteiger partial charge on any atom is 0.224 e. The van der Waals surface area contributed by atoms with Crippen LogP contribution in [0.5, 0.6) is 0 Å². The van der Waals surface area contributed by atoms with E-state index in [0.29, 0.717) is 6.42 Å². The molecule has 0 spiro atoms. The maximum atomic E-state index is 12.2. The van der Waals surface area contributed by atoms with Crippen LogP contribution in [0.25, 0.3) is 0 Å². The summed E-state index contributed by atoms with van der Waals surface area (Å²) >= 11 is 0. The molecule has 0 radical (unpaired) electrons. The standard InChI is InChI=1S/C23H29N3O2/c24-23(28)20-12-14-26(15-13-20)17-19-9-4-10-21(16-19)25-22(27)11-5-8-18-6-2-1-3-7-18/h1-4,6-7,9-10,16,20H,5,8,11-15,17H2,(H2,24,28)(H,25,27). The summed E-state index contributed by atoms with van der Waals surface area (Å²) in [5.74, 6) is -0.121. The van der Waals surface area contributed by atoms with E-state index < -0.39 is 0 Å². The van der Waals surface area contributed by atoms with Gasteiger partial charge in [-0.25, -0.2) is 0 Å². The summed E-state index contributed by atoms with van der Waals surface area (Å²) in [7, 11) is 0. The lowest BCUT2D eigenvalue weighted by Gasteiger charge is -2.30. The number of carbonyl (C=O) groups excluding carboxylic acids is 2. The van der Waals surface area contributed by atoms with Crippen molar-refractivity contribution in [2.45, 2.75) is 38.6 Å². The molecule has 0 atom stereocenters. The smallest absolute Gasteiger partial charge is 0.224 e. The summed E-state index contributed by atoms with van der Waals surface area (Å²) < 4.78 is 0. The molecule has 1 heterocycles. The zero-order valence-electron chi connectivity index (χ0n) is 16.3. The topological polar surface area (TPSA) is 75.4 Å². The largest absolute Gasteiger partial charge is 0.369 e. The van der Waals surface area contributed by atoms with Gasteiger partial charge in [0.15, 0.2) is 0 Å². The van der Waals surface area contributed by atoms with Crippen LogP contribution in [0.1, 0.15) is 36.8 Å². The van der Waals surface area contributed by atoms with Crippen molar-refractivity contribution < 1.29 is 9.59 Å². The third kappa shape index (κ3) is 6.20. The summed E-state index contributed by atoms with van der Waals surface area (Å²) in [6.45, 7) is 2.58. The fraction of sp³-hybridized carbons (Fsp3) is 0.391. The van der Waals surface area contributed by atoms with Crippen molar-refractivity contribution >= 4 is 17.5 Å². The molecule has 28 heavy (non-hydrogen) atoms. The zero-order chi connectivity index (χ0) is 19.8. The number of hydrogen-bond acceptors (Lipinski definition) is 3. The monoisotopic (exact) mass is 379 g/mol. The minimum Gasteiger partial charge on any atom is -0.369 e. The maximum absolute atomic E-state index is 12.2. The molecular formula is C23H29N3O2. The van der Waals surface area contributed by atoms with E-state index in [1.807, 2.05) is 36.4 Å². The minimum absolute atomic E-state index is 0.0118. The number of anilines is 1. The molecule has 2 amide bonds. The predicted molar refractivity (Wildman–Crippen MR) is 112 cm³/mol. The number of carbonyl (C=O) groups is 2. The molecule has 148 valence electrons. The average molecular weight is 380 g/mol. The van der Waals surface area contributed by atoms with Gasteiger partial charge in [0.05, 0.1) is 0 Å². The van der Waals surface area contributed by atoms with Crippen LogP contribution in [0.15, 0.2) is 54.6 Å². The minimum atomic E-state index is -0.184. The van der Waals surface area contributed by atoms with E-state index in [1.165, 1.54) is 11.1 Å². The number of nitrogens with two attached hydrogens (primary N) is 1. The van der Waals surface area contributed by atoms with E-state index in [2.05, 4.69) is 28.4 Å². The summed E-state index contributed by atoms with van der Waals surface area (Å²) in [5.41, 5.74) is 8.67. The number of piperidine rings is 1. The highest BCUT2D eigenvalue weighted by Gasteiger charge is 2.22. The lowest BCUT2D eigenvalue weighted by molar-refractivity contribution is -0.123. The van der Waals surface area contributed by atoms with Gasteiger partial charge in [0.2, 0.25) is 11.8 Å². The summed E-state index contributed by atoms with van der Waals surface area (Å²) in [6, 6.07) is 18.3. The molecule has 0 aromatic heterocycles. The van der Waals surface area contributed by atoms with Crippen molar-refractivity contribution in [1.29, 1.82) is 0 Å². The first kappa shape index (κ1) is 20.1. The highest BCUT2D eigenvalue weighted by atomic mass is 16.2. The third-order valence-corrected chi connectivity index (χ3v) is 5.32. The van der Waals surface area contributed by atoms with Crippen LogP contribution >= 0.6 is 0 Å². The molecule has 5 nitrogen and oxygen atoms in total. The van der Waals surface area contributed by atoms with Crippen LogP contribution in [0, 0.1) is 5.92 Å². The lowest BCUT2D eigenvalue weighted by atomic mass is 9.96. The number of primary amides is 1. The number of hydrogen-bond donors (Lipinski definition) is 2. The van der Waals surface area contributed by atoms with Crippen LogP contribution in [-0.2, 0) is 22.6 Å². The molecule has 1 fully saturated rings. The third-order valence-electron chi connectivity index (χ3n) is 5.32. The van der Waals surface area contributed by atoms with E-state index >= 15 is 0 Å². The number of likely N-dealkylation sites (tertiary alicyclic amines) is 1. The van der Waals surface area contributed by atoms with Crippen molar-refractivity contribution in [3.8, 4) is 0 Å². The lowest BCUT2D eigenvalue weighted by Crippen LogP contribution is -2.38. The van der Waals surface area contributed by atoms with Crippen molar-refractivity contribution in [1.82, 2.24) is 4.90 Å². The summed E-state index contributed by atoms with van der Waals surface area (Å²) in [4.78, 5) is 25.9. The highest BCUT2D eigenvalue weighted by molar-refractivity contribution is 5.90. The van der Waals surface area contributed by atoms with Crippen LogP contribution in [0.2, 0.25) is 0 Å². The van der Waals surface area contributed by atoms with E-state index in [-0.39, 0.29) is 17.7 Å². The molecule has 0 saturated carbocycles. The van der Waals surface area contributed by atoms with Gasteiger partial charge in [0.25, 0.3) is 0 Å². The molecule has 5 heteroatoms. The molecule has 1 aliphatic rings. The van der Waals surface area contributed by atoms with Crippen molar-refractivity contribution in [2.24, 2.45) is 11.7 Å². The Kier molecular flexibility index (Phi) is 7.20. The van der Waals surface area contributed by atoms with Gasteiger partial charge in [-0.15, -0.1) is 0 Å². The quantitative estimate of drug-likeness (QED) is 0.739. The van der Waals surface area contributed by atoms with E-state index in [0.717, 1.165) is 51.0 Å². The van der Waals surface area contributed by atoms with Crippen LogP contribution < -0.4 is 11.1 Å². The Labute approximate surface area is 166 Å². The summed E-state index contributed by atoms with van der Waals surface area (Å²) in [6.07, 6.45) is 3.92. The van der Waals surface area contributed by atoms with Gasteiger partial charge >= 0.3 is 0 Å². The van der Waals surface area contributed by atoms with Crippen molar-refractivity contribution in [2.75, 3.05) is 18.4 Å². The first-order valence-corrected chi connectivity index (χ1v) is 10.0. The van der Waals surface area contributed by atoms with E-state index in [9.17, 15) is 9.59 Å². The van der Waals surface area contributed by atoms with Gasteiger partial charge in [-0.3, -0.25) is 14.5 Å². The Morgan fingerprint density at radius 3 is 2.43 bits per heavy atom. The normalized spacial score (nSPS) is 15.3. The van der Waals surface area contributed by atoms with Gasteiger partial charge in [0.1, 0.15) is 0 Å². The predicted octanol–water partition coefficient (Wildman–Crippen LogP) is 3.35. The zero-order valence-corrected chi connectivity index (χ0v) is 16.3. The second-order valence-corrected chi connectivity index (χ2v) is 7.54. The molecule has 3 rings (SSSR count).